The van der Waals surface area contributed by atoms with Crippen LogP contribution in [0.25, 0.3) is 0 Å². The van der Waals surface area contributed by atoms with E-state index in [-0.39, 0.29) is 18.6 Å². The fourth-order valence-corrected chi connectivity index (χ4v) is 2.14. The van der Waals surface area contributed by atoms with Crippen molar-refractivity contribution < 1.29 is 9.90 Å². The second kappa shape index (κ2) is 6.75. The van der Waals surface area contributed by atoms with Crippen molar-refractivity contribution in [2.75, 3.05) is 18.9 Å². The van der Waals surface area contributed by atoms with Crippen LogP contribution in [-0.2, 0) is 0 Å². The van der Waals surface area contributed by atoms with E-state index in [0.717, 1.165) is 0 Å². The molecule has 0 bridgehead atoms. The van der Waals surface area contributed by atoms with Gasteiger partial charge < -0.3 is 15.7 Å². The van der Waals surface area contributed by atoms with Gasteiger partial charge in [0.15, 0.2) is 0 Å². The van der Waals surface area contributed by atoms with E-state index in [1.54, 1.807) is 23.1 Å². The molecule has 0 saturated heterocycles. The van der Waals surface area contributed by atoms with Crippen molar-refractivity contribution in [1.82, 2.24) is 4.90 Å². The van der Waals surface area contributed by atoms with E-state index >= 15 is 0 Å². The van der Waals surface area contributed by atoms with E-state index in [0.29, 0.717) is 28.7 Å². The van der Waals surface area contributed by atoms with E-state index in [9.17, 15) is 4.79 Å². The van der Waals surface area contributed by atoms with Crippen molar-refractivity contribution in [2.24, 2.45) is 0 Å². The standard InChI is InChI=1S/C13H19BrN2O2/c1-9(2)16(7-4-8-17)13(18)10-5-3-6-11(15)12(10)14/h3,5-6,9,17H,4,7-8,15H2,1-2H3. The maximum atomic E-state index is 12.4. The third-order valence-electron chi connectivity index (χ3n) is 2.70. The summed E-state index contributed by atoms with van der Waals surface area (Å²) in [6.45, 7) is 4.52. The van der Waals surface area contributed by atoms with Gasteiger partial charge in [-0.3, -0.25) is 4.79 Å². The van der Waals surface area contributed by atoms with Crippen LogP contribution >= 0.6 is 15.9 Å². The van der Waals surface area contributed by atoms with Gasteiger partial charge in [-0.2, -0.15) is 0 Å². The summed E-state index contributed by atoms with van der Waals surface area (Å²) in [5.74, 6) is -0.0716. The summed E-state index contributed by atoms with van der Waals surface area (Å²) < 4.78 is 0.629. The molecular weight excluding hydrogens is 296 g/mol. The smallest absolute Gasteiger partial charge is 0.255 e. The minimum absolute atomic E-state index is 0.0716. The number of anilines is 1. The second-order valence-electron chi connectivity index (χ2n) is 4.38. The van der Waals surface area contributed by atoms with Crippen molar-refractivity contribution in [2.45, 2.75) is 26.3 Å². The average Bonchev–Trinajstić information content (AvgIpc) is 2.32. The first-order chi connectivity index (χ1) is 8.49. The molecule has 0 saturated carbocycles. The molecule has 1 aromatic rings. The molecule has 0 radical (unpaired) electrons. The first kappa shape index (κ1) is 15.0. The lowest BCUT2D eigenvalue weighted by Crippen LogP contribution is -2.38. The number of hydrogen-bond acceptors (Lipinski definition) is 3. The fourth-order valence-electron chi connectivity index (χ4n) is 1.71. The van der Waals surface area contributed by atoms with Crippen LogP contribution in [0.1, 0.15) is 30.6 Å². The van der Waals surface area contributed by atoms with E-state index < -0.39 is 0 Å². The van der Waals surface area contributed by atoms with Crippen LogP contribution in [0.3, 0.4) is 0 Å². The van der Waals surface area contributed by atoms with Crippen LogP contribution in [0, 0.1) is 0 Å². The Hall–Kier alpha value is -1.07. The number of amides is 1. The maximum absolute atomic E-state index is 12.4. The fraction of sp³-hybridized carbons (Fsp3) is 0.462. The highest BCUT2D eigenvalue weighted by atomic mass is 79.9. The summed E-state index contributed by atoms with van der Waals surface area (Å²) in [7, 11) is 0. The number of benzene rings is 1. The topological polar surface area (TPSA) is 66.6 Å². The SMILES string of the molecule is CC(C)N(CCCO)C(=O)c1cccc(N)c1Br. The molecule has 1 amide bonds. The molecule has 0 spiro atoms. The minimum Gasteiger partial charge on any atom is -0.398 e. The highest BCUT2D eigenvalue weighted by Crippen LogP contribution is 2.25. The summed E-state index contributed by atoms with van der Waals surface area (Å²) in [6, 6.07) is 5.33. The summed E-state index contributed by atoms with van der Waals surface area (Å²) >= 11 is 3.34. The highest BCUT2D eigenvalue weighted by molar-refractivity contribution is 9.10. The Bertz CT molecular complexity index is 421. The molecule has 0 aliphatic heterocycles. The Morgan fingerprint density at radius 3 is 2.72 bits per heavy atom. The summed E-state index contributed by atoms with van der Waals surface area (Å²) in [4.78, 5) is 14.2. The number of aliphatic hydroxyl groups excluding tert-OH is 1. The molecular formula is C13H19BrN2O2. The number of halogens is 1. The Morgan fingerprint density at radius 2 is 2.17 bits per heavy atom. The molecule has 100 valence electrons. The lowest BCUT2D eigenvalue weighted by Gasteiger charge is -2.27. The molecule has 0 heterocycles. The lowest BCUT2D eigenvalue weighted by molar-refractivity contribution is 0.0692. The molecule has 4 nitrogen and oxygen atoms in total. The number of carbonyl (C=O) groups excluding carboxylic acids is 1. The summed E-state index contributed by atoms with van der Waals surface area (Å²) in [5, 5.41) is 8.88. The number of nitrogens with two attached hydrogens (primary N) is 1. The van der Waals surface area contributed by atoms with Crippen molar-refractivity contribution >= 4 is 27.5 Å². The number of aliphatic hydroxyl groups is 1. The van der Waals surface area contributed by atoms with E-state index in [4.69, 9.17) is 10.8 Å². The Labute approximate surface area is 116 Å². The first-order valence-corrected chi connectivity index (χ1v) is 6.74. The van der Waals surface area contributed by atoms with Gasteiger partial charge in [-0.05, 0) is 48.3 Å². The Morgan fingerprint density at radius 1 is 1.50 bits per heavy atom. The number of hydrogen-bond donors (Lipinski definition) is 2. The molecule has 0 aromatic heterocycles. The van der Waals surface area contributed by atoms with Crippen LogP contribution in [-0.4, -0.2) is 35.1 Å². The number of nitrogens with zero attached hydrogens (tertiary/aromatic N) is 1. The van der Waals surface area contributed by atoms with Gasteiger partial charge in [0, 0.05) is 24.9 Å². The van der Waals surface area contributed by atoms with Gasteiger partial charge in [0.1, 0.15) is 0 Å². The summed E-state index contributed by atoms with van der Waals surface area (Å²) in [6.07, 6.45) is 0.573. The van der Waals surface area contributed by atoms with Crippen molar-refractivity contribution in [3.8, 4) is 0 Å². The second-order valence-corrected chi connectivity index (χ2v) is 5.17. The third-order valence-corrected chi connectivity index (χ3v) is 3.59. The molecule has 0 unspecified atom stereocenters. The zero-order chi connectivity index (χ0) is 13.7. The van der Waals surface area contributed by atoms with Crippen molar-refractivity contribution in [3.05, 3.63) is 28.2 Å². The molecule has 0 atom stereocenters. The molecule has 0 aliphatic carbocycles. The first-order valence-electron chi connectivity index (χ1n) is 5.94. The van der Waals surface area contributed by atoms with Crippen LogP contribution in [0.5, 0.6) is 0 Å². The average molecular weight is 315 g/mol. The van der Waals surface area contributed by atoms with E-state index in [1.807, 2.05) is 13.8 Å². The quantitative estimate of drug-likeness (QED) is 0.819. The van der Waals surface area contributed by atoms with Gasteiger partial charge >= 0.3 is 0 Å². The monoisotopic (exact) mass is 314 g/mol. The Balaban J connectivity index is 2.98. The lowest BCUT2D eigenvalue weighted by atomic mass is 10.1. The molecule has 18 heavy (non-hydrogen) atoms. The molecule has 0 aliphatic rings. The van der Waals surface area contributed by atoms with Crippen molar-refractivity contribution in [3.63, 3.8) is 0 Å². The minimum atomic E-state index is -0.0716. The zero-order valence-corrected chi connectivity index (χ0v) is 12.3. The summed E-state index contributed by atoms with van der Waals surface area (Å²) in [5.41, 5.74) is 6.88. The van der Waals surface area contributed by atoms with E-state index in [2.05, 4.69) is 15.9 Å². The van der Waals surface area contributed by atoms with Gasteiger partial charge in [-0.25, -0.2) is 0 Å². The van der Waals surface area contributed by atoms with Gasteiger partial charge in [-0.15, -0.1) is 0 Å². The highest BCUT2D eigenvalue weighted by Gasteiger charge is 2.20. The molecule has 3 N–H and O–H groups in total. The van der Waals surface area contributed by atoms with Crippen LogP contribution < -0.4 is 5.73 Å². The molecule has 5 heteroatoms. The van der Waals surface area contributed by atoms with Gasteiger partial charge in [0.2, 0.25) is 0 Å². The third kappa shape index (κ3) is 3.46. The number of carbonyl (C=O) groups is 1. The van der Waals surface area contributed by atoms with Crippen molar-refractivity contribution in [1.29, 1.82) is 0 Å². The van der Waals surface area contributed by atoms with E-state index in [1.165, 1.54) is 0 Å². The molecule has 0 fully saturated rings. The zero-order valence-electron chi connectivity index (χ0n) is 10.7. The van der Waals surface area contributed by atoms with Gasteiger partial charge in [-0.1, -0.05) is 6.07 Å². The number of rotatable bonds is 5. The van der Waals surface area contributed by atoms with Crippen LogP contribution in [0.15, 0.2) is 22.7 Å². The largest absolute Gasteiger partial charge is 0.398 e. The molecule has 1 rings (SSSR count). The Kier molecular flexibility index (Phi) is 5.62. The maximum Gasteiger partial charge on any atom is 0.255 e. The van der Waals surface area contributed by atoms with Gasteiger partial charge in [0.25, 0.3) is 5.91 Å². The van der Waals surface area contributed by atoms with Crippen LogP contribution in [0.2, 0.25) is 0 Å². The number of nitrogen functional groups attached to an aromatic ring is 1. The van der Waals surface area contributed by atoms with Gasteiger partial charge in [0.05, 0.1) is 10.0 Å². The molecule has 1 aromatic carbocycles. The van der Waals surface area contributed by atoms with Crippen LogP contribution in [0.4, 0.5) is 5.69 Å². The predicted molar refractivity (Wildman–Crippen MR) is 76.4 cm³/mol. The predicted octanol–water partition coefficient (Wildman–Crippen LogP) is 2.26. The normalized spacial score (nSPS) is 10.7.